The molecule has 7 nitrogen and oxygen atoms in total. The molecule has 2 aromatic heterocycles. The Morgan fingerprint density at radius 1 is 1.33 bits per heavy atom. The number of aryl methyl sites for hydroxylation is 1. The van der Waals surface area contributed by atoms with Crippen LogP contribution >= 0.6 is 11.3 Å². The van der Waals surface area contributed by atoms with Gasteiger partial charge in [-0.25, -0.2) is 9.97 Å². The number of nitrogens with one attached hydrogen (secondary N) is 1. The quantitative estimate of drug-likeness (QED) is 0.595. The lowest BCUT2D eigenvalue weighted by atomic mass is 10.2. The second-order valence-corrected chi connectivity index (χ2v) is 7.01. The van der Waals surface area contributed by atoms with Crippen molar-refractivity contribution in [2.75, 3.05) is 24.8 Å². The molecule has 0 unspecified atom stereocenters. The summed E-state index contributed by atoms with van der Waals surface area (Å²) in [6, 6.07) is 5.35. The van der Waals surface area contributed by atoms with Gasteiger partial charge in [-0.2, -0.15) is 0 Å². The largest absolute Gasteiger partial charge is 0.497 e. The number of nitrogen functional groups attached to an aromatic ring is 1. The van der Waals surface area contributed by atoms with Crippen molar-refractivity contribution in [1.82, 2.24) is 9.97 Å². The van der Waals surface area contributed by atoms with E-state index >= 15 is 0 Å². The highest BCUT2D eigenvalue weighted by atomic mass is 32.1. The maximum absolute atomic E-state index is 12.9. The van der Waals surface area contributed by atoms with E-state index in [1.165, 1.54) is 17.7 Å². The van der Waals surface area contributed by atoms with Gasteiger partial charge in [-0.3, -0.25) is 4.79 Å². The molecule has 0 aliphatic carbocycles. The fourth-order valence-corrected chi connectivity index (χ4v) is 3.73. The van der Waals surface area contributed by atoms with Crippen LogP contribution in [0, 0.1) is 6.92 Å². The van der Waals surface area contributed by atoms with Gasteiger partial charge in [-0.05, 0) is 31.0 Å². The molecular weight excluding hydrogens is 364 g/mol. The monoisotopic (exact) mass is 386 g/mol. The molecule has 8 heteroatoms. The summed E-state index contributed by atoms with van der Waals surface area (Å²) >= 11 is 1.29. The summed E-state index contributed by atoms with van der Waals surface area (Å²) in [6.45, 7) is 4.52. The number of hydrogen-bond acceptors (Lipinski definition) is 7. The Kier molecular flexibility index (Phi) is 5.75. The molecule has 3 rings (SSSR count). The molecule has 0 fully saturated rings. The van der Waals surface area contributed by atoms with Crippen LogP contribution in [-0.4, -0.2) is 29.6 Å². The first kappa shape index (κ1) is 18.9. The first-order valence-electron chi connectivity index (χ1n) is 8.66. The zero-order valence-corrected chi connectivity index (χ0v) is 16.4. The normalized spacial score (nSPS) is 10.8. The fourth-order valence-electron chi connectivity index (χ4n) is 2.68. The van der Waals surface area contributed by atoms with Crippen LogP contribution in [0.4, 0.5) is 11.5 Å². The number of anilines is 2. The molecule has 0 spiro atoms. The highest BCUT2D eigenvalue weighted by molar-refractivity contribution is 7.20. The molecule has 3 aromatic rings. The lowest BCUT2D eigenvalue weighted by Gasteiger charge is -2.13. The van der Waals surface area contributed by atoms with Crippen LogP contribution in [0.3, 0.4) is 0 Å². The van der Waals surface area contributed by atoms with Crippen molar-refractivity contribution in [1.29, 1.82) is 0 Å². The summed E-state index contributed by atoms with van der Waals surface area (Å²) in [5.74, 6) is 1.37. The Balaban J connectivity index is 1.91. The minimum atomic E-state index is -0.247. The Hall–Kier alpha value is -2.87. The lowest BCUT2D eigenvalue weighted by Crippen LogP contribution is -2.13. The average Bonchev–Trinajstić information content (AvgIpc) is 3.01. The zero-order chi connectivity index (χ0) is 19.4. The molecule has 0 bridgehead atoms. The van der Waals surface area contributed by atoms with Gasteiger partial charge in [-0.1, -0.05) is 13.3 Å². The number of fused-ring (bicyclic) bond motifs is 1. The number of unbranched alkanes of at least 4 members (excludes halogenated alkanes) is 1. The van der Waals surface area contributed by atoms with Gasteiger partial charge in [0.2, 0.25) is 0 Å². The number of methoxy groups -OCH3 is 1. The minimum absolute atomic E-state index is 0.247. The smallest absolute Gasteiger partial charge is 0.266 e. The van der Waals surface area contributed by atoms with Gasteiger partial charge < -0.3 is 20.5 Å². The number of benzene rings is 1. The number of ether oxygens (including phenoxy) is 2. The van der Waals surface area contributed by atoms with Gasteiger partial charge in [0.15, 0.2) is 0 Å². The average molecular weight is 386 g/mol. The van der Waals surface area contributed by atoms with Crippen molar-refractivity contribution in [3.63, 3.8) is 0 Å². The van der Waals surface area contributed by atoms with Crippen LogP contribution in [0.2, 0.25) is 0 Å². The molecule has 0 aliphatic rings. The van der Waals surface area contributed by atoms with E-state index in [2.05, 4.69) is 22.2 Å². The van der Waals surface area contributed by atoms with Gasteiger partial charge in [0.05, 0.1) is 29.7 Å². The van der Waals surface area contributed by atoms with Crippen LogP contribution in [0.15, 0.2) is 24.5 Å². The number of nitrogens with two attached hydrogens (primary N) is 1. The molecule has 0 radical (unpaired) electrons. The van der Waals surface area contributed by atoms with Gasteiger partial charge in [0.1, 0.15) is 28.5 Å². The number of carbonyl (C=O) groups excluding carboxylic acids is 1. The minimum Gasteiger partial charge on any atom is -0.497 e. The summed E-state index contributed by atoms with van der Waals surface area (Å²) in [7, 11) is 1.58. The third-order valence-corrected chi connectivity index (χ3v) is 5.35. The standard InChI is InChI=1S/C19H22N4O3S/c1-4-5-8-26-14-7-6-12(25-3)9-13(14)23-18(24)16-11(2)15-17(20)21-10-22-19(15)27-16/h6-7,9-10H,4-5,8H2,1-3H3,(H,23,24)(H2,20,21,22). The predicted octanol–water partition coefficient (Wildman–Crippen LogP) is 4.02. The molecule has 27 heavy (non-hydrogen) atoms. The maximum Gasteiger partial charge on any atom is 0.266 e. The van der Waals surface area contributed by atoms with Crippen molar-refractivity contribution in [3.8, 4) is 11.5 Å². The molecule has 142 valence electrons. The molecule has 0 saturated heterocycles. The molecular formula is C19H22N4O3S. The number of aromatic nitrogens is 2. The van der Waals surface area contributed by atoms with Crippen molar-refractivity contribution < 1.29 is 14.3 Å². The molecule has 2 heterocycles. The van der Waals surface area contributed by atoms with Crippen LogP contribution in [0.25, 0.3) is 10.2 Å². The van der Waals surface area contributed by atoms with Crippen LogP contribution < -0.4 is 20.5 Å². The Labute approximate surface area is 161 Å². The fraction of sp³-hybridized carbons (Fsp3) is 0.316. The number of nitrogens with zero attached hydrogens (tertiary/aromatic N) is 2. The van der Waals surface area contributed by atoms with Crippen molar-refractivity contribution in [2.45, 2.75) is 26.7 Å². The summed E-state index contributed by atoms with van der Waals surface area (Å²) in [5.41, 5.74) is 7.27. The van der Waals surface area contributed by atoms with E-state index in [4.69, 9.17) is 15.2 Å². The second-order valence-electron chi connectivity index (χ2n) is 6.01. The Bertz CT molecular complexity index is 971. The number of amides is 1. The van der Waals surface area contributed by atoms with Gasteiger partial charge in [-0.15, -0.1) is 11.3 Å². The van der Waals surface area contributed by atoms with Gasteiger partial charge in [0.25, 0.3) is 5.91 Å². The third kappa shape index (κ3) is 3.95. The van der Waals surface area contributed by atoms with Crippen molar-refractivity contribution >= 4 is 39.0 Å². The number of hydrogen-bond donors (Lipinski definition) is 2. The molecule has 0 aliphatic heterocycles. The topological polar surface area (TPSA) is 99.4 Å². The third-order valence-electron chi connectivity index (χ3n) is 4.15. The zero-order valence-electron chi connectivity index (χ0n) is 15.5. The molecule has 3 N–H and O–H groups in total. The predicted molar refractivity (Wildman–Crippen MR) is 108 cm³/mol. The van der Waals surface area contributed by atoms with E-state index in [0.717, 1.165) is 23.8 Å². The van der Waals surface area contributed by atoms with E-state index in [0.29, 0.717) is 39.3 Å². The first-order valence-corrected chi connectivity index (χ1v) is 9.48. The van der Waals surface area contributed by atoms with E-state index in [9.17, 15) is 4.79 Å². The summed E-state index contributed by atoms with van der Waals surface area (Å²) in [5, 5.41) is 3.65. The van der Waals surface area contributed by atoms with Gasteiger partial charge in [0, 0.05) is 6.07 Å². The number of carbonyl (C=O) groups is 1. The molecule has 1 aromatic carbocycles. The highest BCUT2D eigenvalue weighted by Crippen LogP contribution is 2.34. The second kappa shape index (κ2) is 8.22. The molecule has 1 amide bonds. The van der Waals surface area contributed by atoms with E-state index in [1.807, 2.05) is 6.92 Å². The number of thiophene rings is 1. The summed E-state index contributed by atoms with van der Waals surface area (Å²) < 4.78 is 11.1. The van der Waals surface area contributed by atoms with Crippen LogP contribution in [0.5, 0.6) is 11.5 Å². The molecule has 0 saturated carbocycles. The van der Waals surface area contributed by atoms with Crippen molar-refractivity contribution in [3.05, 3.63) is 35.0 Å². The van der Waals surface area contributed by atoms with Crippen molar-refractivity contribution in [2.24, 2.45) is 0 Å². The Morgan fingerprint density at radius 3 is 2.85 bits per heavy atom. The lowest BCUT2D eigenvalue weighted by molar-refractivity contribution is 0.102. The van der Waals surface area contributed by atoms with Gasteiger partial charge >= 0.3 is 0 Å². The van der Waals surface area contributed by atoms with Crippen LogP contribution in [-0.2, 0) is 0 Å². The van der Waals surface area contributed by atoms with E-state index in [-0.39, 0.29) is 5.91 Å². The summed E-state index contributed by atoms with van der Waals surface area (Å²) in [6.07, 6.45) is 3.37. The SMILES string of the molecule is CCCCOc1ccc(OC)cc1NC(=O)c1sc2ncnc(N)c2c1C. The number of rotatable bonds is 7. The first-order chi connectivity index (χ1) is 13.0. The highest BCUT2D eigenvalue weighted by Gasteiger charge is 2.20. The van der Waals surface area contributed by atoms with E-state index < -0.39 is 0 Å². The molecule has 0 atom stereocenters. The van der Waals surface area contributed by atoms with Crippen LogP contribution in [0.1, 0.15) is 35.0 Å². The van der Waals surface area contributed by atoms with E-state index in [1.54, 1.807) is 25.3 Å². The Morgan fingerprint density at radius 2 is 2.15 bits per heavy atom. The maximum atomic E-state index is 12.9. The summed E-state index contributed by atoms with van der Waals surface area (Å²) in [4.78, 5) is 22.4.